The zero-order chi connectivity index (χ0) is 22.4. The van der Waals surface area contributed by atoms with Gasteiger partial charge in [-0.15, -0.1) is 0 Å². The Morgan fingerprint density at radius 3 is 2.36 bits per heavy atom. The lowest BCUT2D eigenvalue weighted by Crippen LogP contribution is -2.30. The molecule has 1 saturated heterocycles. The van der Waals surface area contributed by atoms with Crippen molar-refractivity contribution in [2.75, 3.05) is 13.1 Å². The molecule has 0 unspecified atom stereocenters. The molecule has 0 N–H and O–H groups in total. The van der Waals surface area contributed by atoms with Gasteiger partial charge in [0.2, 0.25) is 5.91 Å². The van der Waals surface area contributed by atoms with Gasteiger partial charge in [0, 0.05) is 35.6 Å². The number of benzene rings is 3. The molecule has 2 fully saturated rings. The van der Waals surface area contributed by atoms with E-state index in [2.05, 4.69) is 86.1 Å². The Morgan fingerprint density at radius 2 is 1.61 bits per heavy atom. The van der Waals surface area contributed by atoms with Crippen molar-refractivity contribution in [1.29, 1.82) is 0 Å². The Bertz CT molecular complexity index is 1310. The zero-order valence-electron chi connectivity index (χ0n) is 18.5. The van der Waals surface area contributed by atoms with E-state index in [1.165, 1.54) is 11.1 Å². The average Bonchev–Trinajstić information content (AvgIpc) is 3.49. The largest absolute Gasteiger partial charge is 0.342 e. The summed E-state index contributed by atoms with van der Waals surface area (Å²) in [5.41, 5.74) is 5.66. The second kappa shape index (κ2) is 8.45. The first-order valence-electron chi connectivity index (χ1n) is 11.8. The minimum atomic E-state index is 0.297. The monoisotopic (exact) mass is 499 g/mol. The van der Waals surface area contributed by atoms with E-state index in [9.17, 15) is 4.79 Å². The molecule has 3 aromatic carbocycles. The fraction of sp³-hybridized carbons (Fsp3) is 0.286. The van der Waals surface area contributed by atoms with Gasteiger partial charge < -0.3 is 9.47 Å². The molecule has 166 valence electrons. The SMILES string of the molecule is O=C(C1CC1)N1CC[C@@H](Cn2c(-c3ccc(-c4ccccc4)cc3)nc3cccc(Br)c32)C1. The molecule has 1 aromatic heterocycles. The predicted molar refractivity (Wildman–Crippen MR) is 136 cm³/mol. The lowest BCUT2D eigenvalue weighted by atomic mass is 10.0. The minimum Gasteiger partial charge on any atom is -0.342 e. The van der Waals surface area contributed by atoms with Crippen molar-refractivity contribution in [2.24, 2.45) is 11.8 Å². The number of fused-ring (bicyclic) bond motifs is 1. The van der Waals surface area contributed by atoms with Crippen LogP contribution in [0.1, 0.15) is 19.3 Å². The fourth-order valence-corrected chi connectivity index (χ4v) is 5.58. The third-order valence-corrected chi connectivity index (χ3v) is 7.57. The number of hydrogen-bond donors (Lipinski definition) is 0. The van der Waals surface area contributed by atoms with E-state index in [4.69, 9.17) is 4.98 Å². The highest BCUT2D eigenvalue weighted by Gasteiger charge is 2.36. The van der Waals surface area contributed by atoms with Gasteiger partial charge in [0.15, 0.2) is 0 Å². The van der Waals surface area contributed by atoms with Gasteiger partial charge in [-0.25, -0.2) is 4.98 Å². The number of para-hydroxylation sites is 1. The van der Waals surface area contributed by atoms with Crippen LogP contribution in [0.2, 0.25) is 0 Å². The van der Waals surface area contributed by atoms with E-state index in [1.807, 2.05) is 12.1 Å². The summed E-state index contributed by atoms with van der Waals surface area (Å²) in [4.78, 5) is 19.7. The number of rotatable bonds is 5. The summed E-state index contributed by atoms with van der Waals surface area (Å²) in [6.45, 7) is 2.60. The Labute approximate surface area is 202 Å². The Balaban J connectivity index is 1.33. The van der Waals surface area contributed by atoms with E-state index >= 15 is 0 Å². The smallest absolute Gasteiger partial charge is 0.225 e. The van der Waals surface area contributed by atoms with E-state index in [1.54, 1.807) is 0 Å². The maximum absolute atomic E-state index is 12.6. The minimum absolute atomic E-state index is 0.297. The molecule has 1 aliphatic carbocycles. The highest BCUT2D eigenvalue weighted by Crippen LogP contribution is 2.35. The van der Waals surface area contributed by atoms with Crippen molar-refractivity contribution < 1.29 is 4.79 Å². The zero-order valence-corrected chi connectivity index (χ0v) is 20.0. The van der Waals surface area contributed by atoms with Crippen molar-refractivity contribution in [3.63, 3.8) is 0 Å². The molecule has 0 bridgehead atoms. The van der Waals surface area contributed by atoms with E-state index < -0.39 is 0 Å². The Hall–Kier alpha value is -2.92. The highest BCUT2D eigenvalue weighted by atomic mass is 79.9. The third kappa shape index (κ3) is 3.99. The van der Waals surface area contributed by atoms with E-state index in [0.29, 0.717) is 17.7 Å². The molecule has 4 nitrogen and oxygen atoms in total. The number of nitrogens with zero attached hydrogens (tertiary/aromatic N) is 3. The number of carbonyl (C=O) groups excluding carboxylic acids is 1. The second-order valence-corrected chi connectivity index (χ2v) is 10.2. The van der Waals surface area contributed by atoms with Crippen LogP contribution < -0.4 is 0 Å². The number of imidazole rings is 1. The summed E-state index contributed by atoms with van der Waals surface area (Å²) in [5.74, 6) is 2.10. The van der Waals surface area contributed by atoms with Gasteiger partial charge in [-0.2, -0.15) is 0 Å². The average molecular weight is 500 g/mol. The van der Waals surface area contributed by atoms with Crippen LogP contribution in [0.3, 0.4) is 0 Å². The van der Waals surface area contributed by atoms with Crippen LogP contribution in [-0.2, 0) is 11.3 Å². The van der Waals surface area contributed by atoms with Crippen LogP contribution in [0, 0.1) is 11.8 Å². The van der Waals surface area contributed by atoms with Crippen LogP contribution >= 0.6 is 15.9 Å². The topological polar surface area (TPSA) is 38.1 Å². The van der Waals surface area contributed by atoms with Crippen molar-refractivity contribution in [2.45, 2.75) is 25.8 Å². The van der Waals surface area contributed by atoms with Crippen molar-refractivity contribution in [3.8, 4) is 22.5 Å². The molecule has 1 atom stereocenters. The van der Waals surface area contributed by atoms with Crippen LogP contribution in [0.4, 0.5) is 0 Å². The lowest BCUT2D eigenvalue weighted by molar-refractivity contribution is -0.131. The van der Waals surface area contributed by atoms with Crippen LogP contribution in [0.5, 0.6) is 0 Å². The molecule has 1 aliphatic heterocycles. The number of aromatic nitrogens is 2. The molecule has 0 radical (unpaired) electrons. The molecule has 4 aromatic rings. The number of carbonyl (C=O) groups is 1. The van der Waals surface area contributed by atoms with Gasteiger partial charge in [-0.3, -0.25) is 4.79 Å². The standard InChI is InChI=1S/C28H26BrN3O/c29-24-7-4-8-25-26(24)32(18-19-15-16-31(17-19)28(33)23-13-14-23)27(30-25)22-11-9-21(10-12-22)20-5-2-1-3-6-20/h1-12,19,23H,13-18H2/t19-/m1/s1. The number of halogens is 1. The van der Waals surface area contributed by atoms with Gasteiger partial charge in [-0.1, -0.05) is 60.7 Å². The summed E-state index contributed by atoms with van der Waals surface area (Å²) >= 11 is 3.76. The van der Waals surface area contributed by atoms with Crippen LogP contribution in [-0.4, -0.2) is 33.4 Å². The summed E-state index contributed by atoms with van der Waals surface area (Å²) in [6.07, 6.45) is 3.19. The Morgan fingerprint density at radius 1 is 0.879 bits per heavy atom. The van der Waals surface area contributed by atoms with Crippen LogP contribution in [0.15, 0.2) is 77.3 Å². The summed E-state index contributed by atoms with van der Waals surface area (Å²) in [5, 5.41) is 0. The van der Waals surface area contributed by atoms with Crippen molar-refractivity contribution in [1.82, 2.24) is 14.5 Å². The normalized spacial score (nSPS) is 18.2. The quantitative estimate of drug-likeness (QED) is 0.319. The fourth-order valence-electron chi connectivity index (χ4n) is 5.01. The first-order chi connectivity index (χ1) is 16.2. The molecule has 0 spiro atoms. The molecule has 2 aliphatic rings. The first-order valence-corrected chi connectivity index (χ1v) is 12.6. The van der Waals surface area contributed by atoms with Gasteiger partial charge in [0.25, 0.3) is 0 Å². The third-order valence-electron chi connectivity index (χ3n) is 6.93. The molecular formula is C28H26BrN3O. The lowest BCUT2D eigenvalue weighted by Gasteiger charge is -2.18. The van der Waals surface area contributed by atoms with Crippen LogP contribution in [0.25, 0.3) is 33.5 Å². The van der Waals surface area contributed by atoms with Gasteiger partial charge >= 0.3 is 0 Å². The molecule has 1 saturated carbocycles. The first kappa shape index (κ1) is 20.7. The molecule has 6 rings (SSSR count). The van der Waals surface area contributed by atoms with Crippen molar-refractivity contribution in [3.05, 3.63) is 77.3 Å². The molecule has 33 heavy (non-hydrogen) atoms. The number of likely N-dealkylation sites (tertiary alicyclic amines) is 1. The number of hydrogen-bond acceptors (Lipinski definition) is 2. The molecule has 2 heterocycles. The van der Waals surface area contributed by atoms with Gasteiger partial charge in [0.1, 0.15) is 5.82 Å². The second-order valence-electron chi connectivity index (χ2n) is 9.31. The molecule has 1 amide bonds. The number of amides is 1. The maximum Gasteiger partial charge on any atom is 0.225 e. The summed E-state index contributed by atoms with van der Waals surface area (Å²) < 4.78 is 3.41. The van der Waals surface area contributed by atoms with E-state index in [0.717, 1.165) is 65.8 Å². The van der Waals surface area contributed by atoms with Gasteiger partial charge in [0.05, 0.1) is 11.0 Å². The van der Waals surface area contributed by atoms with E-state index in [-0.39, 0.29) is 0 Å². The Kier molecular flexibility index (Phi) is 5.30. The van der Waals surface area contributed by atoms with Gasteiger partial charge in [-0.05, 0) is 64.4 Å². The molecular weight excluding hydrogens is 474 g/mol. The molecule has 5 heteroatoms. The maximum atomic E-state index is 12.6. The summed E-state index contributed by atoms with van der Waals surface area (Å²) in [7, 11) is 0. The van der Waals surface area contributed by atoms with Crippen molar-refractivity contribution >= 4 is 32.9 Å². The summed E-state index contributed by atoms with van der Waals surface area (Å²) in [6, 6.07) is 25.3. The highest BCUT2D eigenvalue weighted by molar-refractivity contribution is 9.10. The predicted octanol–water partition coefficient (Wildman–Crippen LogP) is 6.39.